The van der Waals surface area contributed by atoms with Gasteiger partial charge in [-0.15, -0.1) is 24.0 Å². The summed E-state index contributed by atoms with van der Waals surface area (Å²) in [6.45, 7) is 4.70. The number of hydrogen-bond acceptors (Lipinski definition) is 3. The molecule has 0 spiro atoms. The van der Waals surface area contributed by atoms with Crippen LogP contribution in [0.5, 0.6) is 0 Å². The lowest BCUT2D eigenvalue weighted by Gasteiger charge is -2.32. The van der Waals surface area contributed by atoms with Crippen LogP contribution in [0.2, 0.25) is 0 Å². The van der Waals surface area contributed by atoms with E-state index in [-0.39, 0.29) is 47.3 Å². The predicted octanol–water partition coefficient (Wildman–Crippen LogP) is 3.26. The third-order valence-electron chi connectivity index (χ3n) is 5.45. The maximum atomic E-state index is 14.2. The van der Waals surface area contributed by atoms with Gasteiger partial charge in [-0.1, -0.05) is 18.2 Å². The molecule has 0 aromatic heterocycles. The average molecular weight is 504 g/mol. The molecule has 156 valence electrons. The Bertz CT molecular complexity index is 689. The Hall–Kier alpha value is -1.58. The molecule has 1 heterocycles. The number of amides is 1. The molecule has 0 bridgehead atoms. The summed E-state index contributed by atoms with van der Waals surface area (Å²) in [7, 11) is 1.41. The number of ether oxygens (including phenoxy) is 1. The second kappa shape index (κ2) is 10.3. The molecule has 3 rings (SSSR count). The minimum absolute atomic E-state index is 0. The Kier molecular flexibility index (Phi) is 8.33. The van der Waals surface area contributed by atoms with E-state index in [0.29, 0.717) is 19.6 Å². The molecular weight excluding hydrogens is 474 g/mol. The van der Waals surface area contributed by atoms with Crippen molar-refractivity contribution >= 4 is 36.0 Å². The highest BCUT2D eigenvalue weighted by Crippen LogP contribution is 2.49. The predicted molar refractivity (Wildman–Crippen MR) is 119 cm³/mol. The SMILES string of the molecule is CCNC(=NCC1(c2ccccc2F)CC1)NC1CCN(C(=O)OC)CC1.I. The standard InChI is InChI=1S/C20H29FN4O2.HI/c1-3-22-18(24-15-8-12-25(13-9-15)19(26)27-2)23-14-20(10-11-20)16-6-4-5-7-17(16)21;/h4-7,15H,3,8-14H2,1-2H3,(H2,22,23,24);1H. The zero-order valence-corrected chi connectivity index (χ0v) is 18.9. The van der Waals surface area contributed by atoms with Gasteiger partial charge in [0.1, 0.15) is 5.82 Å². The van der Waals surface area contributed by atoms with Gasteiger partial charge in [0.15, 0.2) is 5.96 Å². The molecule has 1 amide bonds. The molecule has 0 radical (unpaired) electrons. The fourth-order valence-corrected chi connectivity index (χ4v) is 3.63. The number of nitrogens with zero attached hydrogens (tertiary/aromatic N) is 2. The first-order valence-corrected chi connectivity index (χ1v) is 9.71. The summed E-state index contributed by atoms with van der Waals surface area (Å²) in [6, 6.07) is 7.27. The lowest BCUT2D eigenvalue weighted by Crippen LogP contribution is -2.50. The number of guanidine groups is 1. The number of piperidine rings is 1. The van der Waals surface area contributed by atoms with Crippen LogP contribution in [0.25, 0.3) is 0 Å². The van der Waals surface area contributed by atoms with Gasteiger partial charge in [-0.05, 0) is 44.2 Å². The smallest absolute Gasteiger partial charge is 0.409 e. The second-order valence-electron chi connectivity index (χ2n) is 7.33. The van der Waals surface area contributed by atoms with Crippen LogP contribution < -0.4 is 10.6 Å². The average Bonchev–Trinajstić information content (AvgIpc) is 3.47. The van der Waals surface area contributed by atoms with Gasteiger partial charge < -0.3 is 20.3 Å². The van der Waals surface area contributed by atoms with Crippen molar-refractivity contribution in [2.75, 3.05) is 33.3 Å². The van der Waals surface area contributed by atoms with E-state index in [1.54, 1.807) is 11.0 Å². The first-order valence-electron chi connectivity index (χ1n) is 9.71. The molecule has 0 unspecified atom stereocenters. The molecule has 0 atom stereocenters. The van der Waals surface area contributed by atoms with E-state index in [1.165, 1.54) is 13.2 Å². The van der Waals surface area contributed by atoms with Gasteiger partial charge in [-0.25, -0.2) is 9.18 Å². The first kappa shape index (κ1) is 22.7. The van der Waals surface area contributed by atoms with E-state index in [2.05, 4.69) is 10.6 Å². The van der Waals surface area contributed by atoms with Gasteiger partial charge in [0.05, 0.1) is 13.7 Å². The fraction of sp³-hybridized carbons (Fsp3) is 0.600. The summed E-state index contributed by atoms with van der Waals surface area (Å²) in [5, 5.41) is 6.75. The van der Waals surface area contributed by atoms with Crippen LogP contribution in [0.4, 0.5) is 9.18 Å². The number of halogens is 2. The Morgan fingerprint density at radius 2 is 2.00 bits per heavy atom. The van der Waals surface area contributed by atoms with Crippen LogP contribution in [0.15, 0.2) is 29.3 Å². The highest BCUT2D eigenvalue weighted by molar-refractivity contribution is 14.0. The third-order valence-corrected chi connectivity index (χ3v) is 5.45. The number of rotatable bonds is 5. The van der Waals surface area contributed by atoms with E-state index < -0.39 is 0 Å². The van der Waals surface area contributed by atoms with Crippen LogP contribution in [0, 0.1) is 5.82 Å². The summed E-state index contributed by atoms with van der Waals surface area (Å²) < 4.78 is 19.0. The number of benzene rings is 1. The molecule has 1 saturated heterocycles. The lowest BCUT2D eigenvalue weighted by molar-refractivity contribution is 0.111. The molecule has 1 aliphatic carbocycles. The fourth-order valence-electron chi connectivity index (χ4n) is 3.63. The van der Waals surface area contributed by atoms with Crippen molar-refractivity contribution < 1.29 is 13.9 Å². The first-order chi connectivity index (χ1) is 13.1. The molecular formula is C20H30FIN4O2. The molecule has 1 aromatic carbocycles. The molecule has 6 nitrogen and oxygen atoms in total. The Morgan fingerprint density at radius 1 is 1.32 bits per heavy atom. The number of carbonyl (C=O) groups excluding carboxylic acids is 1. The van der Waals surface area contributed by atoms with Crippen molar-refractivity contribution in [3.8, 4) is 0 Å². The van der Waals surface area contributed by atoms with Gasteiger partial charge >= 0.3 is 6.09 Å². The second-order valence-corrected chi connectivity index (χ2v) is 7.33. The lowest BCUT2D eigenvalue weighted by atomic mass is 9.95. The zero-order valence-electron chi connectivity index (χ0n) is 16.5. The molecule has 1 saturated carbocycles. The van der Waals surface area contributed by atoms with Gasteiger partial charge in [0.2, 0.25) is 0 Å². The maximum absolute atomic E-state index is 14.2. The van der Waals surface area contributed by atoms with Crippen molar-refractivity contribution in [1.29, 1.82) is 0 Å². The van der Waals surface area contributed by atoms with Crippen LogP contribution in [0.3, 0.4) is 0 Å². The molecule has 28 heavy (non-hydrogen) atoms. The normalized spacial score (nSPS) is 18.8. The van der Waals surface area contributed by atoms with Crippen molar-refractivity contribution in [2.24, 2.45) is 4.99 Å². The van der Waals surface area contributed by atoms with Crippen molar-refractivity contribution in [3.63, 3.8) is 0 Å². The Morgan fingerprint density at radius 3 is 2.57 bits per heavy atom. The minimum atomic E-state index is -0.269. The quantitative estimate of drug-likeness (QED) is 0.367. The monoisotopic (exact) mass is 504 g/mol. The molecule has 2 N–H and O–H groups in total. The summed E-state index contributed by atoms with van der Waals surface area (Å²) in [4.78, 5) is 18.1. The molecule has 2 fully saturated rings. The highest BCUT2D eigenvalue weighted by atomic mass is 127. The molecule has 8 heteroatoms. The van der Waals surface area contributed by atoms with E-state index in [0.717, 1.165) is 43.8 Å². The van der Waals surface area contributed by atoms with E-state index in [4.69, 9.17) is 9.73 Å². The topological polar surface area (TPSA) is 66.0 Å². The van der Waals surface area contributed by atoms with E-state index in [9.17, 15) is 9.18 Å². The summed E-state index contributed by atoms with van der Waals surface area (Å²) in [6.07, 6.45) is 3.35. The zero-order chi connectivity index (χ0) is 19.3. The summed E-state index contributed by atoms with van der Waals surface area (Å²) in [5.74, 6) is 0.620. The molecule has 2 aliphatic rings. The van der Waals surface area contributed by atoms with Crippen LogP contribution >= 0.6 is 24.0 Å². The number of likely N-dealkylation sites (tertiary alicyclic amines) is 1. The Balaban J connectivity index is 0.00000280. The van der Waals surface area contributed by atoms with Gasteiger partial charge in [-0.2, -0.15) is 0 Å². The minimum Gasteiger partial charge on any atom is -0.453 e. The van der Waals surface area contributed by atoms with Gasteiger partial charge in [0.25, 0.3) is 0 Å². The van der Waals surface area contributed by atoms with E-state index >= 15 is 0 Å². The van der Waals surface area contributed by atoms with Crippen LogP contribution in [-0.2, 0) is 10.2 Å². The number of methoxy groups -OCH3 is 1. The molecule has 1 aromatic rings. The number of nitrogens with one attached hydrogen (secondary N) is 2. The number of hydrogen-bond donors (Lipinski definition) is 2. The maximum Gasteiger partial charge on any atom is 0.409 e. The van der Waals surface area contributed by atoms with Crippen LogP contribution in [-0.4, -0.2) is 56.3 Å². The van der Waals surface area contributed by atoms with E-state index in [1.807, 2.05) is 19.1 Å². The third kappa shape index (κ3) is 5.48. The number of aliphatic imine (C=N–C) groups is 1. The largest absolute Gasteiger partial charge is 0.453 e. The Labute approximate surface area is 183 Å². The van der Waals surface area contributed by atoms with Crippen LogP contribution in [0.1, 0.15) is 38.2 Å². The molecule has 1 aliphatic heterocycles. The summed E-state index contributed by atoms with van der Waals surface area (Å²) >= 11 is 0. The van der Waals surface area contributed by atoms with Crippen molar-refractivity contribution in [3.05, 3.63) is 35.6 Å². The van der Waals surface area contributed by atoms with Gasteiger partial charge in [-0.3, -0.25) is 4.99 Å². The summed E-state index contributed by atoms with van der Waals surface area (Å²) in [5.41, 5.74) is 0.609. The van der Waals surface area contributed by atoms with Crippen molar-refractivity contribution in [2.45, 2.75) is 44.1 Å². The van der Waals surface area contributed by atoms with Crippen molar-refractivity contribution in [1.82, 2.24) is 15.5 Å². The van der Waals surface area contributed by atoms with Gasteiger partial charge in [0, 0.05) is 31.1 Å². The number of carbonyl (C=O) groups is 1. The highest BCUT2D eigenvalue weighted by Gasteiger charge is 2.45.